The van der Waals surface area contributed by atoms with Crippen molar-refractivity contribution in [3.8, 4) is 5.75 Å². The summed E-state index contributed by atoms with van der Waals surface area (Å²) >= 11 is 0. The van der Waals surface area contributed by atoms with Crippen molar-refractivity contribution in [2.24, 2.45) is 52.6 Å². The highest BCUT2D eigenvalue weighted by Gasteiger charge is 2.68. The fourth-order valence-corrected chi connectivity index (χ4v) is 12.4. The lowest BCUT2D eigenvalue weighted by Gasteiger charge is -2.57. The third-order valence-electron chi connectivity index (χ3n) is 15.2. The predicted octanol–water partition coefficient (Wildman–Crippen LogP) is 3.62. The van der Waals surface area contributed by atoms with Crippen LogP contribution in [0.25, 0.3) is 5.76 Å². The monoisotopic (exact) mass is 746 g/mol. The average Bonchev–Trinajstić information content (AvgIpc) is 3.34. The number of nitrogens with two attached hydrogens (primary N) is 1. The van der Waals surface area contributed by atoms with Crippen molar-refractivity contribution in [3.63, 3.8) is 0 Å². The molecule has 292 valence electrons. The lowest BCUT2D eigenvalue weighted by Crippen LogP contribution is -2.70. The number of benzene rings is 1. The van der Waals surface area contributed by atoms with E-state index in [2.05, 4.69) is 20.8 Å². The fraction of sp³-hybridized carbons (Fsp3) is 0.619. The van der Waals surface area contributed by atoms with Gasteiger partial charge in [-0.05, 0) is 118 Å². The Balaban J connectivity index is 0.000000178. The molecule has 7 aliphatic rings. The Hall–Kier alpha value is -3.84. The van der Waals surface area contributed by atoms with Gasteiger partial charge in [0.05, 0.1) is 29.2 Å². The van der Waals surface area contributed by atoms with Crippen LogP contribution in [-0.4, -0.2) is 96.2 Å². The van der Waals surface area contributed by atoms with Crippen molar-refractivity contribution in [1.82, 2.24) is 4.90 Å². The number of hydrogen-bond donors (Lipinski definition) is 7. The molecule has 12 nitrogen and oxygen atoms in total. The summed E-state index contributed by atoms with van der Waals surface area (Å²) in [5, 5.41) is 65.8. The van der Waals surface area contributed by atoms with E-state index in [1.54, 1.807) is 19.1 Å². The molecule has 0 bridgehead atoms. The van der Waals surface area contributed by atoms with Crippen LogP contribution in [0, 0.1) is 46.8 Å². The number of phenolic OH excluding ortho intramolecular Hbond substituents is 1. The molecule has 0 spiro atoms. The molecule has 1 aromatic rings. The van der Waals surface area contributed by atoms with Crippen LogP contribution in [-0.2, 0) is 19.2 Å². The van der Waals surface area contributed by atoms with Gasteiger partial charge in [-0.3, -0.25) is 24.1 Å². The van der Waals surface area contributed by atoms with Crippen LogP contribution < -0.4 is 5.73 Å². The molecule has 0 heterocycles. The Labute approximate surface area is 315 Å². The van der Waals surface area contributed by atoms with Gasteiger partial charge in [0.25, 0.3) is 5.91 Å². The first-order chi connectivity index (χ1) is 25.2. The highest BCUT2D eigenvalue weighted by atomic mass is 16.4. The zero-order valence-electron chi connectivity index (χ0n) is 31.9. The van der Waals surface area contributed by atoms with E-state index in [9.17, 15) is 49.8 Å². The molecule has 13 atom stereocenters. The van der Waals surface area contributed by atoms with Gasteiger partial charge in [-0.2, -0.15) is 0 Å². The van der Waals surface area contributed by atoms with Gasteiger partial charge in [0.1, 0.15) is 22.8 Å². The number of Topliss-reactive ketones (excluding diaryl/α,β-unsaturated/α-hetero) is 2. The number of phenols is 1. The molecule has 4 saturated carbocycles. The molecule has 0 unspecified atom stereocenters. The lowest BCUT2D eigenvalue weighted by atomic mass is 9.48. The number of aliphatic hydroxyl groups excluding tert-OH is 3. The molecule has 0 radical (unpaired) electrons. The quantitative estimate of drug-likeness (QED) is 0.217. The van der Waals surface area contributed by atoms with Crippen molar-refractivity contribution >= 4 is 29.0 Å². The van der Waals surface area contributed by atoms with Crippen LogP contribution in [0.2, 0.25) is 0 Å². The summed E-state index contributed by atoms with van der Waals surface area (Å²) < 4.78 is 0. The van der Waals surface area contributed by atoms with E-state index in [0.717, 1.165) is 43.9 Å². The molecule has 54 heavy (non-hydrogen) atoms. The van der Waals surface area contributed by atoms with E-state index >= 15 is 0 Å². The number of rotatable bonds is 2. The number of ketones is 3. The van der Waals surface area contributed by atoms with Gasteiger partial charge in [0.2, 0.25) is 5.78 Å². The molecule has 12 heteroatoms. The minimum absolute atomic E-state index is 0.0245. The number of hydrogen-bond acceptors (Lipinski definition) is 11. The standard InChI is InChI=1S/C22H24N2O8.C20H30O2/c1-7-8-5-4-6-9(25)11(8)16(26)12-10(7)17(27)14-15(24(2)3)18(28)13(21(23)31)20(30)22(14,32)19(12)29;1-12-10-13-11-14(21)4-5-15(13)16-6-8-19(2)17(18(12)16)7-9-20(19,3)22/h4-7,10,14-15,17,25-27,30,32H,1-3H3,(H2,23,31);11-12,15-18,22H,4-10H2,1-3H3/t7-,10+,14+,15-,17-,22-;12-,15+,16-,17+,18-,19+,20+/m01/s1. The van der Waals surface area contributed by atoms with Gasteiger partial charge in [-0.25, -0.2) is 0 Å². The summed E-state index contributed by atoms with van der Waals surface area (Å²) in [7, 11) is 2.92. The molecule has 4 fully saturated rings. The number of aliphatic hydroxyl groups is 5. The van der Waals surface area contributed by atoms with Gasteiger partial charge in [0.15, 0.2) is 17.2 Å². The second kappa shape index (κ2) is 12.9. The fourth-order valence-electron chi connectivity index (χ4n) is 12.4. The van der Waals surface area contributed by atoms with Gasteiger partial charge in [0, 0.05) is 17.9 Å². The molecule has 1 aromatic carbocycles. The number of carbonyl (C=O) groups is 4. The maximum absolute atomic E-state index is 13.7. The van der Waals surface area contributed by atoms with E-state index in [-0.39, 0.29) is 16.7 Å². The van der Waals surface area contributed by atoms with Crippen LogP contribution in [0.5, 0.6) is 5.75 Å². The summed E-state index contributed by atoms with van der Waals surface area (Å²) in [6.07, 6.45) is 7.92. The van der Waals surface area contributed by atoms with Crippen LogP contribution in [0.4, 0.5) is 0 Å². The first-order valence-corrected chi connectivity index (χ1v) is 19.3. The third kappa shape index (κ3) is 5.15. The molecule has 0 saturated heterocycles. The summed E-state index contributed by atoms with van der Waals surface area (Å²) in [5.41, 5.74) is 2.55. The van der Waals surface area contributed by atoms with Gasteiger partial charge in [-0.15, -0.1) is 0 Å². The second-order valence-electron chi connectivity index (χ2n) is 17.9. The molecule has 7 aliphatic carbocycles. The van der Waals surface area contributed by atoms with Crippen molar-refractivity contribution in [1.29, 1.82) is 0 Å². The zero-order valence-corrected chi connectivity index (χ0v) is 31.9. The summed E-state index contributed by atoms with van der Waals surface area (Å²) in [6.45, 7) is 8.50. The summed E-state index contributed by atoms with van der Waals surface area (Å²) in [5.74, 6) is -5.00. The number of nitrogens with zero attached hydrogens (tertiary/aromatic N) is 1. The van der Waals surface area contributed by atoms with E-state index in [1.165, 1.54) is 43.5 Å². The minimum atomic E-state index is -2.89. The SMILES string of the molecule is C[C@@H]1CC2=CC(=O)CC[C@@H]2[C@H]2CC[C@@]3(C)[C@@H](CC[C@]3(C)O)[C@@H]21.C[C@H]1c2cccc(O)c2C(O)=C2C(=O)[C@]3(O)C(O)=C(C(N)=O)C(=O)[C@@H](N(C)C)[C@@H]3[C@@H](O)[C@@H]21. The predicted molar refractivity (Wildman–Crippen MR) is 198 cm³/mol. The smallest absolute Gasteiger partial charge is 0.255 e. The molecule has 8 rings (SSSR count). The maximum atomic E-state index is 13.7. The zero-order chi connectivity index (χ0) is 39.6. The number of amides is 1. The Morgan fingerprint density at radius 3 is 2.31 bits per heavy atom. The van der Waals surface area contributed by atoms with E-state index in [4.69, 9.17) is 5.73 Å². The van der Waals surface area contributed by atoms with Crippen molar-refractivity contribution < 1.29 is 49.8 Å². The van der Waals surface area contributed by atoms with Crippen molar-refractivity contribution in [2.45, 2.75) is 102 Å². The Bertz CT molecular complexity index is 1930. The van der Waals surface area contributed by atoms with Gasteiger partial charge < -0.3 is 36.4 Å². The largest absolute Gasteiger partial charge is 0.508 e. The first-order valence-electron chi connectivity index (χ1n) is 19.3. The van der Waals surface area contributed by atoms with E-state index in [0.29, 0.717) is 29.1 Å². The highest BCUT2D eigenvalue weighted by molar-refractivity contribution is 6.24. The Morgan fingerprint density at radius 2 is 1.67 bits per heavy atom. The topological polar surface area (TPSA) is 219 Å². The van der Waals surface area contributed by atoms with Gasteiger partial charge in [-0.1, -0.05) is 38.5 Å². The number of likely N-dealkylation sites (N-methyl/N-ethyl adjacent to an activating group) is 1. The third-order valence-corrected chi connectivity index (χ3v) is 15.2. The van der Waals surface area contributed by atoms with E-state index < -0.39 is 81.2 Å². The summed E-state index contributed by atoms with van der Waals surface area (Å²) in [6, 6.07) is 3.13. The first kappa shape index (κ1) is 38.4. The number of primary amides is 1. The van der Waals surface area contributed by atoms with Crippen LogP contribution in [0.1, 0.15) is 89.7 Å². The normalized spacial score (nSPS) is 42.5. The second-order valence-corrected chi connectivity index (χ2v) is 17.9. The molecule has 1 amide bonds. The number of allylic oxidation sites excluding steroid dienone is 1. The van der Waals surface area contributed by atoms with Gasteiger partial charge >= 0.3 is 0 Å². The van der Waals surface area contributed by atoms with Crippen molar-refractivity contribution in [3.05, 3.63) is 57.9 Å². The average molecular weight is 747 g/mol. The molecular weight excluding hydrogens is 692 g/mol. The van der Waals surface area contributed by atoms with Crippen LogP contribution >= 0.6 is 0 Å². The van der Waals surface area contributed by atoms with Crippen LogP contribution in [0.3, 0.4) is 0 Å². The maximum Gasteiger partial charge on any atom is 0.255 e. The number of carbonyl (C=O) groups excluding carboxylic acids is 4. The molecular formula is C42H54N2O10. The molecule has 0 aliphatic heterocycles. The Kier molecular flexibility index (Phi) is 9.15. The highest BCUT2D eigenvalue weighted by Crippen LogP contribution is 2.66. The van der Waals surface area contributed by atoms with Crippen LogP contribution in [0.15, 0.2) is 46.8 Å². The number of fused-ring (bicyclic) bond motifs is 8. The molecule has 8 N–H and O–H groups in total. The lowest BCUT2D eigenvalue weighted by molar-refractivity contribution is -0.169. The number of aromatic hydroxyl groups is 1. The van der Waals surface area contributed by atoms with E-state index in [1.807, 2.05) is 6.08 Å². The Morgan fingerprint density at radius 1 is 0.981 bits per heavy atom. The summed E-state index contributed by atoms with van der Waals surface area (Å²) in [4.78, 5) is 51.7. The van der Waals surface area contributed by atoms with Crippen molar-refractivity contribution in [2.75, 3.05) is 14.1 Å². The minimum Gasteiger partial charge on any atom is -0.508 e. The molecule has 0 aromatic heterocycles.